The van der Waals surface area contributed by atoms with Crippen LogP contribution in [0.4, 0.5) is 0 Å². The summed E-state index contributed by atoms with van der Waals surface area (Å²) < 4.78 is 5.94. The summed E-state index contributed by atoms with van der Waals surface area (Å²) in [4.78, 5) is 26.3. The van der Waals surface area contributed by atoms with Gasteiger partial charge in [0, 0.05) is 6.42 Å². The van der Waals surface area contributed by atoms with Crippen molar-refractivity contribution in [1.29, 1.82) is 0 Å². The van der Waals surface area contributed by atoms with Crippen molar-refractivity contribution in [3.8, 4) is 0 Å². The maximum absolute atomic E-state index is 13.3. The minimum atomic E-state index is -0.797. The number of carbonyl (C=O) groups excluding carboxylic acids is 2. The molecule has 0 aliphatic heterocycles. The number of rotatable bonds is 53. The number of esters is 1. The van der Waals surface area contributed by atoms with Gasteiger partial charge in [0.15, 0.2) is 0 Å². The van der Waals surface area contributed by atoms with E-state index in [9.17, 15) is 19.8 Å². The monoisotopic (exact) mass is 940 g/mol. The average Bonchev–Trinajstić information content (AvgIpc) is 3.32. The Kier molecular flexibility index (Phi) is 53.0. The van der Waals surface area contributed by atoms with Crippen molar-refractivity contribution in [3.05, 3.63) is 48.6 Å². The van der Waals surface area contributed by atoms with Gasteiger partial charge in [-0.3, -0.25) is 9.59 Å². The van der Waals surface area contributed by atoms with Crippen LogP contribution in [0.2, 0.25) is 0 Å². The molecule has 0 heterocycles. The lowest BCUT2D eigenvalue weighted by atomic mass is 10.0. The van der Waals surface area contributed by atoms with E-state index in [0.717, 1.165) is 83.5 Å². The van der Waals surface area contributed by atoms with E-state index in [1.54, 1.807) is 0 Å². The zero-order chi connectivity index (χ0) is 48.8. The molecule has 3 N–H and O–H groups in total. The predicted molar refractivity (Wildman–Crippen MR) is 292 cm³/mol. The highest BCUT2D eigenvalue weighted by molar-refractivity contribution is 5.77. The Balaban J connectivity index is 4.58. The van der Waals surface area contributed by atoms with Gasteiger partial charge in [0.2, 0.25) is 5.91 Å². The third kappa shape index (κ3) is 50.0. The Morgan fingerprint density at radius 2 is 0.806 bits per heavy atom. The smallest absolute Gasteiger partial charge is 0.306 e. The van der Waals surface area contributed by atoms with E-state index in [0.29, 0.717) is 19.3 Å². The lowest BCUT2D eigenvalue weighted by Crippen LogP contribution is -2.46. The summed E-state index contributed by atoms with van der Waals surface area (Å²) in [6, 6.07) is -0.713. The number of aliphatic hydroxyl groups excluding tert-OH is 2. The van der Waals surface area contributed by atoms with Crippen molar-refractivity contribution in [2.24, 2.45) is 0 Å². The normalized spacial score (nSPS) is 13.4. The van der Waals surface area contributed by atoms with Crippen molar-refractivity contribution in [3.63, 3.8) is 0 Å². The second kappa shape index (κ2) is 54.8. The van der Waals surface area contributed by atoms with Crippen LogP contribution in [0.5, 0.6) is 0 Å². The number of nitrogens with one attached hydrogen (secondary N) is 1. The number of aliphatic hydroxyl groups is 2. The number of hydrogen-bond donors (Lipinski definition) is 3. The van der Waals surface area contributed by atoms with Gasteiger partial charge in [-0.1, -0.05) is 256 Å². The number of carbonyl (C=O) groups is 2. The molecule has 1 amide bonds. The van der Waals surface area contributed by atoms with Gasteiger partial charge in [-0.05, 0) is 83.5 Å². The quantitative estimate of drug-likeness (QED) is 0.0244. The minimum Gasteiger partial charge on any atom is -0.462 e. The molecule has 67 heavy (non-hydrogen) atoms. The molecular formula is C61H113NO5. The molecule has 6 nitrogen and oxygen atoms in total. The van der Waals surface area contributed by atoms with Crippen LogP contribution < -0.4 is 5.32 Å². The Hall–Kier alpha value is -2.18. The molecule has 0 aliphatic rings. The standard InChI is InChI=1S/C61H113NO5/c1-4-7-10-13-16-19-22-25-28-30-32-35-38-41-44-47-50-53-59(64)58(56-63)62-60(65)55-57(52-49-46-43-40-37-34-31-27-24-21-18-15-12-9-6-3)67-61(66)54-51-48-45-42-39-36-33-29-26-23-20-17-14-11-8-5-2/h18,21,27,29,31,33,36,39,57-59,63-64H,4-17,19-20,22-26,28,30,32,34-35,37-38,40-56H2,1-3H3,(H,62,65)/b21-18-,31-27-,33-29+,39-36+. The van der Waals surface area contributed by atoms with Crippen molar-refractivity contribution in [2.45, 2.75) is 322 Å². The molecule has 0 aromatic carbocycles. The molecule has 0 aromatic rings. The van der Waals surface area contributed by atoms with Crippen LogP contribution in [-0.2, 0) is 14.3 Å². The summed E-state index contributed by atoms with van der Waals surface area (Å²) in [6.07, 6.45) is 67.5. The van der Waals surface area contributed by atoms with Crippen LogP contribution >= 0.6 is 0 Å². The summed E-state index contributed by atoms with van der Waals surface area (Å²) in [6.45, 7) is 6.48. The molecule has 0 bridgehead atoms. The van der Waals surface area contributed by atoms with Gasteiger partial charge in [-0.15, -0.1) is 0 Å². The number of ether oxygens (including phenoxy) is 1. The van der Waals surface area contributed by atoms with E-state index in [1.807, 2.05) is 0 Å². The fraction of sp³-hybridized carbons (Fsp3) is 0.836. The first-order valence-electron chi connectivity index (χ1n) is 29.4. The number of amides is 1. The first-order valence-corrected chi connectivity index (χ1v) is 29.4. The van der Waals surface area contributed by atoms with E-state index in [4.69, 9.17) is 4.74 Å². The molecule has 0 rings (SSSR count). The molecule has 0 saturated heterocycles. The largest absolute Gasteiger partial charge is 0.462 e. The van der Waals surface area contributed by atoms with Crippen molar-refractivity contribution in [2.75, 3.05) is 6.61 Å². The number of allylic oxidation sites excluding steroid dienone is 8. The van der Waals surface area contributed by atoms with E-state index >= 15 is 0 Å². The summed E-state index contributed by atoms with van der Waals surface area (Å²) in [5.41, 5.74) is 0. The van der Waals surface area contributed by atoms with E-state index in [1.165, 1.54) is 173 Å². The molecular weight excluding hydrogens is 827 g/mol. The first kappa shape index (κ1) is 64.8. The van der Waals surface area contributed by atoms with E-state index < -0.39 is 18.2 Å². The molecule has 0 radical (unpaired) electrons. The van der Waals surface area contributed by atoms with Crippen molar-refractivity contribution < 1.29 is 24.5 Å². The van der Waals surface area contributed by atoms with Crippen LogP contribution in [0.1, 0.15) is 303 Å². The van der Waals surface area contributed by atoms with Gasteiger partial charge < -0.3 is 20.3 Å². The topological polar surface area (TPSA) is 95.9 Å². The molecule has 0 spiro atoms. The zero-order valence-electron chi connectivity index (χ0n) is 44.8. The van der Waals surface area contributed by atoms with E-state index in [2.05, 4.69) is 74.7 Å². The van der Waals surface area contributed by atoms with Gasteiger partial charge >= 0.3 is 5.97 Å². The zero-order valence-corrected chi connectivity index (χ0v) is 44.8. The lowest BCUT2D eigenvalue weighted by Gasteiger charge is -2.24. The number of unbranched alkanes of at least 4 members (excludes halogenated alkanes) is 34. The Bertz CT molecular complexity index is 1150. The molecule has 0 aliphatic carbocycles. The summed E-state index contributed by atoms with van der Waals surface area (Å²) in [7, 11) is 0. The maximum atomic E-state index is 13.3. The predicted octanol–water partition coefficient (Wildman–Crippen LogP) is 18.2. The molecule has 0 saturated carbocycles. The Morgan fingerprint density at radius 1 is 0.448 bits per heavy atom. The molecule has 0 aromatic heterocycles. The highest BCUT2D eigenvalue weighted by Crippen LogP contribution is 2.18. The fourth-order valence-electron chi connectivity index (χ4n) is 8.92. The molecule has 6 heteroatoms. The second-order valence-electron chi connectivity index (χ2n) is 20.1. The number of hydrogen-bond acceptors (Lipinski definition) is 5. The third-order valence-electron chi connectivity index (χ3n) is 13.4. The van der Waals surface area contributed by atoms with Gasteiger partial charge in [-0.2, -0.15) is 0 Å². The average molecular weight is 941 g/mol. The summed E-state index contributed by atoms with van der Waals surface area (Å²) >= 11 is 0. The van der Waals surface area contributed by atoms with E-state index in [-0.39, 0.29) is 24.9 Å². The molecule has 0 fully saturated rings. The summed E-state index contributed by atoms with van der Waals surface area (Å²) in [5, 5.41) is 23.9. The highest BCUT2D eigenvalue weighted by Gasteiger charge is 2.24. The van der Waals surface area contributed by atoms with Gasteiger partial charge in [-0.25, -0.2) is 0 Å². The maximum Gasteiger partial charge on any atom is 0.306 e. The lowest BCUT2D eigenvalue weighted by molar-refractivity contribution is -0.151. The Morgan fingerprint density at radius 3 is 1.25 bits per heavy atom. The van der Waals surface area contributed by atoms with Crippen LogP contribution in [-0.4, -0.2) is 46.9 Å². The van der Waals surface area contributed by atoms with Crippen LogP contribution in [0, 0.1) is 0 Å². The van der Waals surface area contributed by atoms with Crippen molar-refractivity contribution in [1.82, 2.24) is 5.32 Å². The van der Waals surface area contributed by atoms with Crippen molar-refractivity contribution >= 4 is 11.9 Å². The SMILES string of the molecule is CCCCC/C=C\C/C=C\CCCCCCCC(CC(=O)NC(CO)C(O)CCCCCCCCCCCCCCCCCCC)OC(=O)CCCCC/C=C/C=C/CCCCCCCCC. The second-order valence-corrected chi connectivity index (χ2v) is 20.1. The molecule has 3 unspecified atom stereocenters. The van der Waals surface area contributed by atoms with Crippen LogP contribution in [0.3, 0.4) is 0 Å². The van der Waals surface area contributed by atoms with Gasteiger partial charge in [0.05, 0.1) is 25.2 Å². The van der Waals surface area contributed by atoms with Crippen LogP contribution in [0.15, 0.2) is 48.6 Å². The molecule has 3 atom stereocenters. The van der Waals surface area contributed by atoms with Gasteiger partial charge in [0.25, 0.3) is 0 Å². The fourth-order valence-corrected chi connectivity index (χ4v) is 8.92. The minimum absolute atomic E-state index is 0.0587. The first-order chi connectivity index (χ1) is 33.0. The van der Waals surface area contributed by atoms with Gasteiger partial charge in [0.1, 0.15) is 6.10 Å². The molecule has 392 valence electrons. The third-order valence-corrected chi connectivity index (χ3v) is 13.4. The highest BCUT2D eigenvalue weighted by atomic mass is 16.5. The summed E-state index contributed by atoms with van der Waals surface area (Å²) in [5.74, 6) is -0.508. The Labute approximate surface area is 416 Å². The van der Waals surface area contributed by atoms with Crippen LogP contribution in [0.25, 0.3) is 0 Å².